The summed E-state index contributed by atoms with van der Waals surface area (Å²) in [7, 11) is 0. The van der Waals surface area contributed by atoms with Gasteiger partial charge in [0.05, 0.1) is 5.69 Å². The molecule has 0 aromatic carbocycles. The van der Waals surface area contributed by atoms with Crippen LogP contribution >= 0.6 is 0 Å². The number of aromatic nitrogens is 1. The molecule has 0 aliphatic carbocycles. The van der Waals surface area contributed by atoms with Crippen molar-refractivity contribution in [3.8, 4) is 5.75 Å². The van der Waals surface area contributed by atoms with Crippen LogP contribution in [-0.2, 0) is 16.1 Å². The first-order valence-electron chi connectivity index (χ1n) is 4.57. The van der Waals surface area contributed by atoms with E-state index in [0.29, 0.717) is 11.3 Å². The number of carbonyl (C=O) groups excluding carboxylic acids is 1. The Kier molecular flexibility index (Phi) is 3.85. The molecular formula is C11H13NO3. The molecule has 80 valence electrons. The minimum atomic E-state index is -0.405. The van der Waals surface area contributed by atoms with Crippen molar-refractivity contribution in [2.45, 2.75) is 20.5 Å². The molecule has 0 aliphatic heterocycles. The number of ether oxygens (including phenoxy) is 1. The summed E-state index contributed by atoms with van der Waals surface area (Å²) in [6, 6.07) is 1.53. The highest BCUT2D eigenvalue weighted by atomic mass is 16.5. The highest BCUT2D eigenvalue weighted by Gasteiger charge is 2.02. The van der Waals surface area contributed by atoms with Crippen LogP contribution in [0.3, 0.4) is 0 Å². The molecule has 1 heterocycles. The number of aryl methyl sites for hydroxylation is 1. The average molecular weight is 207 g/mol. The van der Waals surface area contributed by atoms with Gasteiger partial charge in [-0.2, -0.15) is 0 Å². The predicted molar refractivity (Wildman–Crippen MR) is 55.2 cm³/mol. The van der Waals surface area contributed by atoms with E-state index in [1.165, 1.54) is 12.1 Å². The molecule has 0 amide bonds. The van der Waals surface area contributed by atoms with Crippen LogP contribution in [0, 0.1) is 6.92 Å². The van der Waals surface area contributed by atoms with Crippen molar-refractivity contribution >= 4 is 5.97 Å². The molecular weight excluding hydrogens is 194 g/mol. The zero-order valence-electron chi connectivity index (χ0n) is 8.73. The van der Waals surface area contributed by atoms with Crippen molar-refractivity contribution in [2.24, 2.45) is 0 Å². The topological polar surface area (TPSA) is 59.4 Å². The minimum Gasteiger partial charge on any atom is -0.506 e. The van der Waals surface area contributed by atoms with Gasteiger partial charge in [-0.1, -0.05) is 6.08 Å². The van der Waals surface area contributed by atoms with Crippen LogP contribution in [0.1, 0.15) is 18.2 Å². The van der Waals surface area contributed by atoms with Crippen molar-refractivity contribution in [1.82, 2.24) is 4.98 Å². The van der Waals surface area contributed by atoms with Gasteiger partial charge in [-0.3, -0.25) is 4.98 Å². The molecule has 4 heteroatoms. The number of aromatic hydroxyl groups is 1. The van der Waals surface area contributed by atoms with Crippen molar-refractivity contribution in [3.63, 3.8) is 0 Å². The molecule has 1 aromatic heterocycles. The van der Waals surface area contributed by atoms with E-state index in [0.717, 1.165) is 0 Å². The fraction of sp³-hybridized carbons (Fsp3) is 0.273. The number of hydrogen-bond acceptors (Lipinski definition) is 4. The summed E-state index contributed by atoms with van der Waals surface area (Å²) in [6.07, 6.45) is 4.51. The summed E-state index contributed by atoms with van der Waals surface area (Å²) in [5.41, 5.74) is 1.22. The molecule has 0 saturated heterocycles. The molecule has 0 aliphatic rings. The highest BCUT2D eigenvalue weighted by molar-refractivity contribution is 5.81. The summed E-state index contributed by atoms with van der Waals surface area (Å²) in [5.74, 6) is -0.299. The lowest BCUT2D eigenvalue weighted by atomic mass is 10.2. The number of esters is 1. The van der Waals surface area contributed by atoms with Crippen LogP contribution < -0.4 is 0 Å². The van der Waals surface area contributed by atoms with Crippen LogP contribution in [0.2, 0.25) is 0 Å². The molecule has 0 fully saturated rings. The second kappa shape index (κ2) is 5.14. The van der Waals surface area contributed by atoms with Crippen LogP contribution in [0.4, 0.5) is 0 Å². The number of carbonyl (C=O) groups is 1. The van der Waals surface area contributed by atoms with Crippen LogP contribution in [-0.4, -0.2) is 16.1 Å². The van der Waals surface area contributed by atoms with Gasteiger partial charge in [-0.25, -0.2) is 4.79 Å². The Bertz CT molecular complexity index is 385. The number of allylic oxidation sites excluding steroid dienone is 1. The Labute approximate surface area is 88.2 Å². The highest BCUT2D eigenvalue weighted by Crippen LogP contribution is 2.15. The molecule has 0 saturated carbocycles. The standard InChI is InChI=1S/C11H13NO3/c1-3-4-11(14)15-7-9-5-10(13)8(2)12-6-9/h3-6,13H,7H2,1-2H3/b4-3+. The monoisotopic (exact) mass is 207 g/mol. The van der Waals surface area contributed by atoms with Gasteiger partial charge in [0.2, 0.25) is 0 Å². The molecule has 0 spiro atoms. The third-order valence-corrected chi connectivity index (χ3v) is 1.80. The van der Waals surface area contributed by atoms with Gasteiger partial charge in [0.1, 0.15) is 12.4 Å². The van der Waals surface area contributed by atoms with Gasteiger partial charge in [-0.05, 0) is 19.9 Å². The third kappa shape index (κ3) is 3.42. The van der Waals surface area contributed by atoms with E-state index < -0.39 is 5.97 Å². The van der Waals surface area contributed by atoms with Gasteiger partial charge in [0.25, 0.3) is 0 Å². The average Bonchev–Trinajstić information content (AvgIpc) is 2.20. The van der Waals surface area contributed by atoms with Crippen molar-refractivity contribution in [2.75, 3.05) is 0 Å². The van der Waals surface area contributed by atoms with E-state index in [9.17, 15) is 9.90 Å². The zero-order valence-corrected chi connectivity index (χ0v) is 8.73. The maximum absolute atomic E-state index is 11.0. The fourth-order valence-electron chi connectivity index (χ4n) is 0.981. The summed E-state index contributed by atoms with van der Waals surface area (Å²) < 4.78 is 4.89. The third-order valence-electron chi connectivity index (χ3n) is 1.80. The first-order chi connectivity index (χ1) is 7.13. The predicted octanol–water partition coefficient (Wildman–Crippen LogP) is 1.71. The lowest BCUT2D eigenvalue weighted by Gasteiger charge is -2.03. The molecule has 4 nitrogen and oxygen atoms in total. The number of pyridine rings is 1. The first-order valence-corrected chi connectivity index (χ1v) is 4.57. The molecule has 1 N–H and O–H groups in total. The molecule has 1 aromatic rings. The first kappa shape index (κ1) is 11.2. The molecule has 0 unspecified atom stereocenters. The Morgan fingerprint density at radius 1 is 1.67 bits per heavy atom. The van der Waals surface area contributed by atoms with Gasteiger partial charge >= 0.3 is 5.97 Å². The summed E-state index contributed by atoms with van der Waals surface area (Å²) >= 11 is 0. The van der Waals surface area contributed by atoms with Gasteiger partial charge < -0.3 is 9.84 Å². The van der Waals surface area contributed by atoms with Gasteiger partial charge in [0.15, 0.2) is 0 Å². The van der Waals surface area contributed by atoms with Crippen LogP contribution in [0.25, 0.3) is 0 Å². The normalized spacial score (nSPS) is 10.5. The number of hydrogen-bond donors (Lipinski definition) is 1. The van der Waals surface area contributed by atoms with E-state index >= 15 is 0 Å². The van der Waals surface area contributed by atoms with E-state index in [-0.39, 0.29) is 12.4 Å². The van der Waals surface area contributed by atoms with Crippen LogP contribution in [0.5, 0.6) is 5.75 Å². The molecule has 0 bridgehead atoms. The van der Waals surface area contributed by atoms with Crippen molar-refractivity contribution in [3.05, 3.63) is 35.7 Å². The van der Waals surface area contributed by atoms with E-state index in [4.69, 9.17) is 4.74 Å². The largest absolute Gasteiger partial charge is 0.506 e. The van der Waals surface area contributed by atoms with Crippen molar-refractivity contribution < 1.29 is 14.6 Å². The Hall–Kier alpha value is -1.84. The Balaban J connectivity index is 2.58. The Morgan fingerprint density at radius 3 is 3.00 bits per heavy atom. The summed E-state index contributed by atoms with van der Waals surface area (Å²) in [4.78, 5) is 14.9. The van der Waals surface area contributed by atoms with E-state index in [2.05, 4.69) is 4.98 Å². The smallest absolute Gasteiger partial charge is 0.330 e. The number of rotatable bonds is 3. The van der Waals surface area contributed by atoms with Gasteiger partial charge in [-0.15, -0.1) is 0 Å². The molecule has 0 radical (unpaired) electrons. The quantitative estimate of drug-likeness (QED) is 0.605. The van der Waals surface area contributed by atoms with E-state index in [1.807, 2.05) is 0 Å². The maximum Gasteiger partial charge on any atom is 0.330 e. The van der Waals surface area contributed by atoms with E-state index in [1.54, 1.807) is 26.1 Å². The Morgan fingerprint density at radius 2 is 2.40 bits per heavy atom. The molecule has 0 atom stereocenters. The molecule has 15 heavy (non-hydrogen) atoms. The lowest BCUT2D eigenvalue weighted by molar-refractivity contribution is -0.139. The van der Waals surface area contributed by atoms with Gasteiger partial charge in [0, 0.05) is 17.8 Å². The number of nitrogens with zero attached hydrogens (tertiary/aromatic N) is 1. The minimum absolute atomic E-state index is 0.106. The second-order valence-corrected chi connectivity index (χ2v) is 3.06. The summed E-state index contributed by atoms with van der Waals surface area (Å²) in [5, 5.41) is 9.35. The zero-order chi connectivity index (χ0) is 11.3. The SMILES string of the molecule is C/C=C/C(=O)OCc1cnc(C)c(O)c1. The summed E-state index contributed by atoms with van der Waals surface area (Å²) in [6.45, 7) is 3.55. The maximum atomic E-state index is 11.0. The van der Waals surface area contributed by atoms with Crippen molar-refractivity contribution in [1.29, 1.82) is 0 Å². The fourth-order valence-corrected chi connectivity index (χ4v) is 0.981. The van der Waals surface area contributed by atoms with Crippen LogP contribution in [0.15, 0.2) is 24.4 Å². The molecule has 1 rings (SSSR count). The lowest BCUT2D eigenvalue weighted by Crippen LogP contribution is -2.01. The second-order valence-electron chi connectivity index (χ2n) is 3.06.